The Morgan fingerprint density at radius 2 is 1.28 bits per heavy atom. The standard InChI is InChI=1S/C37H54F3N3O10/c1-20-8-10-27-22(3)33(7,48-29-34(27)25(20)12-14-31(5,46-29)50-52-34)44-17-16-43-18-24(41-42-43)19-45-36(37(38,39)40)23(4)28-11-9-21(2)26-13-15-32(6)47-30(49-36)35(26,28)53-51-32/h18,20-23,25-30H,8-17,19H2,1-7H3/t20-,21-,22-,23-,25+,26+,27+,28+,29+,30+,31+,32-,33+,34-,35-,36-/m1/s1. The first-order chi connectivity index (χ1) is 25.0. The topological polar surface area (TPSA) is 123 Å². The van der Waals surface area contributed by atoms with Gasteiger partial charge >= 0.3 is 6.18 Å². The summed E-state index contributed by atoms with van der Waals surface area (Å²) < 4.78 is 85.1. The molecule has 4 bridgehead atoms. The van der Waals surface area contributed by atoms with Gasteiger partial charge in [-0.05, 0) is 83.0 Å². The Kier molecular flexibility index (Phi) is 8.59. The molecule has 10 aliphatic rings. The van der Waals surface area contributed by atoms with Crippen molar-refractivity contribution in [2.75, 3.05) is 6.61 Å². The van der Waals surface area contributed by atoms with E-state index in [1.54, 1.807) is 13.1 Å². The van der Waals surface area contributed by atoms with E-state index in [0.717, 1.165) is 25.7 Å². The zero-order valence-electron chi connectivity index (χ0n) is 31.7. The molecule has 0 unspecified atom stereocenters. The number of rotatable bonds is 7. The normalized spacial score (nSPS) is 53.1. The summed E-state index contributed by atoms with van der Waals surface area (Å²) in [7, 11) is 0. The van der Waals surface area contributed by atoms with Crippen molar-refractivity contribution >= 4 is 0 Å². The highest BCUT2D eigenvalue weighted by Gasteiger charge is 2.77. The van der Waals surface area contributed by atoms with Crippen LogP contribution in [0, 0.1) is 47.3 Å². The molecule has 16 atom stereocenters. The first kappa shape index (κ1) is 37.1. The van der Waals surface area contributed by atoms with Gasteiger partial charge in [0.2, 0.25) is 11.6 Å². The van der Waals surface area contributed by atoms with Gasteiger partial charge in [-0.3, -0.25) is 0 Å². The van der Waals surface area contributed by atoms with E-state index in [1.807, 2.05) is 13.8 Å². The molecule has 0 amide bonds. The minimum atomic E-state index is -4.89. The maximum atomic E-state index is 15.3. The molecule has 2 aliphatic carbocycles. The third kappa shape index (κ3) is 5.32. The van der Waals surface area contributed by atoms with Crippen LogP contribution < -0.4 is 0 Å². The van der Waals surface area contributed by atoms with Crippen molar-refractivity contribution < 1.29 is 61.1 Å². The van der Waals surface area contributed by atoms with Gasteiger partial charge in [-0.1, -0.05) is 32.9 Å². The fraction of sp³-hybridized carbons (Fsp3) is 0.946. The molecule has 10 fully saturated rings. The smallest absolute Gasteiger partial charge is 0.348 e. The fourth-order valence-electron chi connectivity index (χ4n) is 11.8. The molecule has 2 spiro atoms. The summed E-state index contributed by atoms with van der Waals surface area (Å²) in [6.45, 7) is 13.6. The second kappa shape index (κ2) is 12.3. The van der Waals surface area contributed by atoms with Crippen LogP contribution in [0.15, 0.2) is 6.20 Å². The van der Waals surface area contributed by atoms with Crippen LogP contribution in [0.2, 0.25) is 0 Å². The molecule has 0 aromatic carbocycles. The zero-order chi connectivity index (χ0) is 37.4. The van der Waals surface area contributed by atoms with Crippen LogP contribution in [0.3, 0.4) is 0 Å². The lowest BCUT2D eigenvalue weighted by Crippen LogP contribution is -2.75. The molecule has 1 aromatic heterocycles. The number of aromatic nitrogens is 3. The van der Waals surface area contributed by atoms with Gasteiger partial charge in [0.15, 0.2) is 29.6 Å². The Balaban J connectivity index is 0.885. The maximum Gasteiger partial charge on any atom is 0.443 e. The van der Waals surface area contributed by atoms with Crippen LogP contribution in [-0.4, -0.2) is 74.7 Å². The molecule has 298 valence electrons. The van der Waals surface area contributed by atoms with E-state index in [1.165, 1.54) is 11.6 Å². The van der Waals surface area contributed by atoms with Gasteiger partial charge in [-0.25, -0.2) is 24.2 Å². The summed E-state index contributed by atoms with van der Waals surface area (Å²) in [5, 5.41) is 8.33. The lowest BCUT2D eigenvalue weighted by molar-refractivity contribution is -0.599. The summed E-state index contributed by atoms with van der Waals surface area (Å²) in [6.07, 6.45) is 0.813. The molecule has 0 radical (unpaired) electrons. The summed E-state index contributed by atoms with van der Waals surface area (Å²) in [5.74, 6) is -6.93. The van der Waals surface area contributed by atoms with Crippen molar-refractivity contribution in [1.29, 1.82) is 0 Å². The molecule has 1 aromatic rings. The maximum absolute atomic E-state index is 15.3. The van der Waals surface area contributed by atoms with E-state index >= 15 is 13.2 Å². The van der Waals surface area contributed by atoms with Crippen LogP contribution >= 0.6 is 0 Å². The molecule has 8 aliphatic heterocycles. The number of hydrogen-bond donors (Lipinski definition) is 0. The summed E-state index contributed by atoms with van der Waals surface area (Å²) in [6, 6.07) is 0. The highest BCUT2D eigenvalue weighted by atomic mass is 19.4. The molecule has 53 heavy (non-hydrogen) atoms. The van der Waals surface area contributed by atoms with Gasteiger partial charge in [0, 0.05) is 36.5 Å². The lowest BCUT2D eigenvalue weighted by atomic mass is 9.57. The largest absolute Gasteiger partial charge is 0.443 e. The fourth-order valence-corrected chi connectivity index (χ4v) is 11.8. The molecule has 9 heterocycles. The van der Waals surface area contributed by atoms with Gasteiger partial charge in [0.25, 0.3) is 5.79 Å². The molecule has 16 heteroatoms. The Hall–Kier alpha value is -1.47. The van der Waals surface area contributed by atoms with E-state index in [0.29, 0.717) is 31.6 Å². The second-order valence-electron chi connectivity index (χ2n) is 17.9. The molecular formula is C37H54F3N3O10. The van der Waals surface area contributed by atoms with Crippen molar-refractivity contribution in [2.24, 2.45) is 47.3 Å². The highest BCUT2D eigenvalue weighted by molar-refractivity contribution is 5.13. The van der Waals surface area contributed by atoms with E-state index in [-0.39, 0.29) is 48.4 Å². The van der Waals surface area contributed by atoms with Gasteiger partial charge in [0.05, 0.1) is 26.0 Å². The van der Waals surface area contributed by atoms with Crippen molar-refractivity contribution in [2.45, 2.75) is 166 Å². The van der Waals surface area contributed by atoms with Crippen molar-refractivity contribution in [1.82, 2.24) is 15.0 Å². The second-order valence-corrected chi connectivity index (χ2v) is 17.9. The molecular weight excluding hydrogens is 703 g/mol. The number of hydrogen-bond acceptors (Lipinski definition) is 12. The van der Waals surface area contributed by atoms with Crippen LogP contribution in [0.25, 0.3) is 0 Å². The Bertz CT molecular complexity index is 1570. The highest BCUT2D eigenvalue weighted by Crippen LogP contribution is 2.65. The number of ether oxygens (including phenoxy) is 6. The molecule has 11 rings (SSSR count). The van der Waals surface area contributed by atoms with Crippen molar-refractivity contribution in [3.63, 3.8) is 0 Å². The third-order valence-electron chi connectivity index (χ3n) is 14.9. The van der Waals surface area contributed by atoms with E-state index in [2.05, 4.69) is 31.1 Å². The minimum absolute atomic E-state index is 0.0480. The van der Waals surface area contributed by atoms with E-state index in [4.69, 9.17) is 48.0 Å². The van der Waals surface area contributed by atoms with Crippen molar-refractivity contribution in [3.05, 3.63) is 11.9 Å². The van der Waals surface area contributed by atoms with Crippen molar-refractivity contribution in [3.8, 4) is 0 Å². The zero-order valence-corrected chi connectivity index (χ0v) is 31.7. The lowest BCUT2D eigenvalue weighted by Gasteiger charge is -2.62. The van der Waals surface area contributed by atoms with Crippen LogP contribution in [0.4, 0.5) is 13.2 Å². The number of nitrogens with zero attached hydrogens (tertiary/aromatic N) is 3. The van der Waals surface area contributed by atoms with Crippen LogP contribution in [-0.2, 0) is 61.1 Å². The van der Waals surface area contributed by atoms with Gasteiger partial charge < -0.3 is 28.4 Å². The molecule has 2 saturated carbocycles. The van der Waals surface area contributed by atoms with Crippen LogP contribution in [0.1, 0.15) is 106 Å². The van der Waals surface area contributed by atoms with Crippen LogP contribution in [0.5, 0.6) is 0 Å². The average Bonchev–Trinajstić information content (AvgIpc) is 3.26. The Morgan fingerprint density at radius 3 is 1.87 bits per heavy atom. The first-order valence-electron chi connectivity index (χ1n) is 19.7. The monoisotopic (exact) mass is 757 g/mol. The first-order valence-corrected chi connectivity index (χ1v) is 19.7. The number of halogens is 3. The SMILES string of the molecule is C[C@@H]1CC[C@H]2[C@@H](C)[C@@](C)(OCCn3cc(CO[C@@]4(C(F)(F)F)O[C@@H]5O[C@@]6(C)CC[C@H]7[C@H](C)CC[C@@H]([C@H]4C)[C@@]57OO6)nn3)O[C@@H]3O[C@]4(C)CC[C@@H]1[C@]32OO4. The molecule has 0 N–H and O–H groups in total. The molecule has 8 saturated heterocycles. The van der Waals surface area contributed by atoms with E-state index in [9.17, 15) is 0 Å². The molecule has 13 nitrogen and oxygen atoms in total. The summed E-state index contributed by atoms with van der Waals surface area (Å²) in [4.78, 5) is 24.0. The predicted octanol–water partition coefficient (Wildman–Crippen LogP) is 6.55. The number of fused-ring (bicyclic) bond motifs is 4. The average molecular weight is 758 g/mol. The number of alkyl halides is 3. The van der Waals surface area contributed by atoms with E-state index < -0.39 is 71.5 Å². The van der Waals surface area contributed by atoms with Gasteiger partial charge in [0.1, 0.15) is 5.69 Å². The third-order valence-corrected chi connectivity index (χ3v) is 14.9. The minimum Gasteiger partial charge on any atom is -0.348 e. The quantitative estimate of drug-likeness (QED) is 0.281. The predicted molar refractivity (Wildman–Crippen MR) is 174 cm³/mol. The van der Waals surface area contributed by atoms with Gasteiger partial charge in [-0.15, -0.1) is 5.10 Å². The Morgan fingerprint density at radius 1 is 0.717 bits per heavy atom. The Labute approximate surface area is 307 Å². The summed E-state index contributed by atoms with van der Waals surface area (Å²) >= 11 is 0. The summed E-state index contributed by atoms with van der Waals surface area (Å²) in [5.41, 5.74) is -1.65. The van der Waals surface area contributed by atoms with Gasteiger partial charge in [-0.2, -0.15) is 13.2 Å².